The van der Waals surface area contributed by atoms with Crippen molar-refractivity contribution in [1.29, 1.82) is 0 Å². The van der Waals surface area contributed by atoms with Crippen molar-refractivity contribution < 1.29 is 4.52 Å². The Kier molecular flexibility index (Phi) is 1.94. The Morgan fingerprint density at radius 1 is 1.80 bits per heavy atom. The Morgan fingerprint density at radius 3 is 2.90 bits per heavy atom. The summed E-state index contributed by atoms with van der Waals surface area (Å²) in [5.74, 6) is 1.76. The third kappa shape index (κ3) is 1.29. The molecule has 1 aromatic rings. The van der Waals surface area contributed by atoms with Gasteiger partial charge in [0.25, 0.3) is 0 Å². The summed E-state index contributed by atoms with van der Waals surface area (Å²) in [6, 6.07) is 1.77. The van der Waals surface area contributed by atoms with E-state index in [9.17, 15) is 0 Å². The van der Waals surface area contributed by atoms with Crippen molar-refractivity contribution in [3.63, 3.8) is 0 Å². The molecule has 1 atom stereocenters. The monoisotopic (exact) mass is 140 g/mol. The molecule has 0 fully saturated rings. The molecule has 0 aliphatic heterocycles. The second-order valence-electron chi connectivity index (χ2n) is 2.46. The van der Waals surface area contributed by atoms with E-state index in [2.05, 4.69) is 19.0 Å². The highest BCUT2D eigenvalue weighted by Gasteiger charge is 2.07. The number of rotatable bonds is 2. The molecule has 1 rings (SSSR count). The van der Waals surface area contributed by atoms with Crippen LogP contribution >= 0.6 is 0 Å². The Bertz CT molecular complexity index is 207. The number of nitrogen functional groups attached to an aromatic ring is 1. The van der Waals surface area contributed by atoms with E-state index in [1.807, 2.05) is 0 Å². The Morgan fingerprint density at radius 2 is 2.50 bits per heavy atom. The van der Waals surface area contributed by atoms with Gasteiger partial charge >= 0.3 is 0 Å². The van der Waals surface area contributed by atoms with Crippen LogP contribution in [0.25, 0.3) is 0 Å². The molecule has 0 saturated carbocycles. The number of nitrogens with zero attached hydrogens (tertiary/aromatic N) is 1. The van der Waals surface area contributed by atoms with Gasteiger partial charge in [-0.3, -0.25) is 0 Å². The average molecular weight is 140 g/mol. The molecule has 1 aromatic heterocycles. The molecule has 3 heteroatoms. The molecule has 56 valence electrons. The van der Waals surface area contributed by atoms with E-state index in [0.29, 0.717) is 11.7 Å². The Labute approximate surface area is 60.2 Å². The van der Waals surface area contributed by atoms with Crippen molar-refractivity contribution in [1.82, 2.24) is 5.16 Å². The Hall–Kier alpha value is -0.990. The molecule has 0 aromatic carbocycles. The van der Waals surface area contributed by atoms with Gasteiger partial charge in [-0.15, -0.1) is 0 Å². The largest absolute Gasteiger partial charge is 0.381 e. The van der Waals surface area contributed by atoms with E-state index in [1.54, 1.807) is 6.07 Å². The molecule has 0 amide bonds. The summed E-state index contributed by atoms with van der Waals surface area (Å²) in [7, 11) is 0. The van der Waals surface area contributed by atoms with Crippen LogP contribution in [-0.4, -0.2) is 5.16 Å². The number of anilines is 1. The SMILES string of the molecule is CCC(C)c1cc(N)no1. The van der Waals surface area contributed by atoms with Crippen molar-refractivity contribution >= 4 is 5.82 Å². The zero-order valence-electron chi connectivity index (χ0n) is 6.29. The molecule has 2 N–H and O–H groups in total. The second-order valence-corrected chi connectivity index (χ2v) is 2.46. The van der Waals surface area contributed by atoms with Gasteiger partial charge in [0, 0.05) is 12.0 Å². The van der Waals surface area contributed by atoms with Gasteiger partial charge in [0.2, 0.25) is 0 Å². The van der Waals surface area contributed by atoms with E-state index >= 15 is 0 Å². The first-order chi connectivity index (χ1) is 4.74. The minimum absolute atomic E-state index is 0.421. The quantitative estimate of drug-likeness (QED) is 0.681. The van der Waals surface area contributed by atoms with Crippen LogP contribution in [0.4, 0.5) is 5.82 Å². The molecule has 0 spiro atoms. The summed E-state index contributed by atoms with van der Waals surface area (Å²) in [5, 5.41) is 3.59. The van der Waals surface area contributed by atoms with E-state index in [4.69, 9.17) is 10.3 Å². The first-order valence-corrected chi connectivity index (χ1v) is 3.46. The fourth-order valence-corrected chi connectivity index (χ4v) is 0.737. The van der Waals surface area contributed by atoms with Crippen molar-refractivity contribution in [3.8, 4) is 0 Å². The van der Waals surface area contributed by atoms with Crippen LogP contribution in [0.1, 0.15) is 31.9 Å². The predicted octanol–water partition coefficient (Wildman–Crippen LogP) is 1.77. The normalized spacial score (nSPS) is 13.4. The van der Waals surface area contributed by atoms with E-state index in [1.165, 1.54) is 0 Å². The lowest BCUT2D eigenvalue weighted by Crippen LogP contribution is -1.87. The molecule has 0 bridgehead atoms. The molecule has 1 unspecified atom stereocenters. The van der Waals surface area contributed by atoms with Crippen LogP contribution in [-0.2, 0) is 0 Å². The zero-order valence-corrected chi connectivity index (χ0v) is 6.29. The predicted molar refractivity (Wildman–Crippen MR) is 39.6 cm³/mol. The van der Waals surface area contributed by atoms with Crippen LogP contribution in [0.5, 0.6) is 0 Å². The lowest BCUT2D eigenvalue weighted by molar-refractivity contribution is 0.365. The molecular weight excluding hydrogens is 128 g/mol. The van der Waals surface area contributed by atoms with E-state index in [0.717, 1.165) is 12.2 Å². The number of nitrogens with two attached hydrogens (primary N) is 1. The van der Waals surface area contributed by atoms with Gasteiger partial charge in [-0.1, -0.05) is 19.0 Å². The summed E-state index contributed by atoms with van der Waals surface area (Å²) in [6.07, 6.45) is 1.05. The maximum Gasteiger partial charge on any atom is 0.167 e. The summed E-state index contributed by atoms with van der Waals surface area (Å²) >= 11 is 0. The minimum atomic E-state index is 0.421. The second kappa shape index (κ2) is 2.73. The highest BCUT2D eigenvalue weighted by molar-refractivity contribution is 5.27. The average Bonchev–Trinajstić information content (AvgIpc) is 2.34. The third-order valence-electron chi connectivity index (χ3n) is 1.64. The van der Waals surface area contributed by atoms with Gasteiger partial charge < -0.3 is 10.3 Å². The number of hydrogen-bond donors (Lipinski definition) is 1. The lowest BCUT2D eigenvalue weighted by Gasteiger charge is -1.99. The minimum Gasteiger partial charge on any atom is -0.381 e. The highest BCUT2D eigenvalue weighted by atomic mass is 16.5. The molecule has 0 aliphatic carbocycles. The zero-order chi connectivity index (χ0) is 7.56. The smallest absolute Gasteiger partial charge is 0.167 e. The van der Waals surface area contributed by atoms with Crippen molar-refractivity contribution in [2.45, 2.75) is 26.2 Å². The topological polar surface area (TPSA) is 52.0 Å². The first kappa shape index (κ1) is 7.12. The first-order valence-electron chi connectivity index (χ1n) is 3.46. The van der Waals surface area contributed by atoms with Gasteiger partial charge in [-0.25, -0.2) is 0 Å². The van der Waals surface area contributed by atoms with Gasteiger partial charge in [0.1, 0.15) is 5.76 Å². The maximum atomic E-state index is 5.37. The van der Waals surface area contributed by atoms with E-state index in [-0.39, 0.29) is 0 Å². The summed E-state index contributed by atoms with van der Waals surface area (Å²) < 4.78 is 4.94. The highest BCUT2D eigenvalue weighted by Crippen LogP contribution is 2.19. The van der Waals surface area contributed by atoms with Gasteiger partial charge in [-0.05, 0) is 6.42 Å². The Balaban J connectivity index is 2.74. The van der Waals surface area contributed by atoms with E-state index < -0.39 is 0 Å². The summed E-state index contributed by atoms with van der Waals surface area (Å²) in [6.45, 7) is 4.18. The number of hydrogen-bond acceptors (Lipinski definition) is 3. The molecule has 0 aliphatic rings. The van der Waals surface area contributed by atoms with Crippen LogP contribution in [0.3, 0.4) is 0 Å². The van der Waals surface area contributed by atoms with Crippen molar-refractivity contribution in [2.75, 3.05) is 5.73 Å². The van der Waals surface area contributed by atoms with Crippen molar-refractivity contribution in [3.05, 3.63) is 11.8 Å². The van der Waals surface area contributed by atoms with Gasteiger partial charge in [0.15, 0.2) is 5.82 Å². The van der Waals surface area contributed by atoms with Crippen LogP contribution in [0.15, 0.2) is 10.6 Å². The maximum absolute atomic E-state index is 5.37. The van der Waals surface area contributed by atoms with Gasteiger partial charge in [0.05, 0.1) is 0 Å². The fourth-order valence-electron chi connectivity index (χ4n) is 0.737. The van der Waals surface area contributed by atoms with Crippen molar-refractivity contribution in [2.24, 2.45) is 0 Å². The molecule has 0 radical (unpaired) electrons. The fraction of sp³-hybridized carbons (Fsp3) is 0.571. The van der Waals surface area contributed by atoms with Crippen LogP contribution < -0.4 is 5.73 Å². The lowest BCUT2D eigenvalue weighted by atomic mass is 10.1. The summed E-state index contributed by atoms with van der Waals surface area (Å²) in [5.41, 5.74) is 5.37. The molecule has 10 heavy (non-hydrogen) atoms. The third-order valence-corrected chi connectivity index (χ3v) is 1.64. The molecule has 0 saturated heterocycles. The molecule has 3 nitrogen and oxygen atoms in total. The summed E-state index contributed by atoms with van der Waals surface area (Å²) in [4.78, 5) is 0. The van der Waals surface area contributed by atoms with Gasteiger partial charge in [-0.2, -0.15) is 0 Å². The van der Waals surface area contributed by atoms with Crippen LogP contribution in [0.2, 0.25) is 0 Å². The molecular formula is C7H12N2O. The standard InChI is InChI=1S/C7H12N2O/c1-3-5(2)6-4-7(8)9-10-6/h4-5H,3H2,1-2H3,(H2,8,9). The number of aromatic nitrogens is 1. The van der Waals surface area contributed by atoms with Crippen LogP contribution in [0, 0.1) is 0 Å². The molecule has 1 heterocycles.